The van der Waals surface area contributed by atoms with Gasteiger partial charge in [0.2, 0.25) is 0 Å². The van der Waals surface area contributed by atoms with E-state index in [1.165, 1.54) is 70.6 Å². The smallest absolute Gasteiger partial charge is 0.457 e. The van der Waals surface area contributed by atoms with E-state index in [0.717, 1.165) is 96.3 Å². The summed E-state index contributed by atoms with van der Waals surface area (Å²) >= 11 is 0. The number of hydrogen-bond acceptors (Lipinski definition) is 11. The summed E-state index contributed by atoms with van der Waals surface area (Å²) in [6.45, 7) is 4.11. The van der Waals surface area contributed by atoms with Crippen LogP contribution in [0.25, 0.3) is 0 Å². The van der Waals surface area contributed by atoms with E-state index < -0.39 is 63.1 Å². The number of allylic oxidation sites excluding steroid dienone is 10. The van der Waals surface area contributed by atoms with E-state index in [2.05, 4.69) is 74.6 Å². The van der Waals surface area contributed by atoms with Crippen molar-refractivity contribution in [3.05, 3.63) is 60.8 Å². The first-order valence-electron chi connectivity index (χ1n) is 25.1. The molecule has 1 saturated carbocycles. The molecule has 0 aromatic carbocycles. The van der Waals surface area contributed by atoms with Gasteiger partial charge < -0.3 is 39.9 Å². The van der Waals surface area contributed by atoms with Crippen molar-refractivity contribution in [2.24, 2.45) is 0 Å². The summed E-state index contributed by atoms with van der Waals surface area (Å²) in [4.78, 5) is 23.2. The van der Waals surface area contributed by atoms with Gasteiger partial charge in [-0.1, -0.05) is 171 Å². The van der Waals surface area contributed by atoms with Crippen LogP contribution in [0.5, 0.6) is 0 Å². The molecule has 12 nitrogen and oxygen atoms in total. The normalized spacial score (nSPS) is 22.2. The van der Waals surface area contributed by atoms with Crippen molar-refractivity contribution in [3.8, 4) is 0 Å². The summed E-state index contributed by atoms with van der Waals surface area (Å²) in [7, 11) is -5.03. The maximum absolute atomic E-state index is 12.8. The van der Waals surface area contributed by atoms with E-state index in [0.29, 0.717) is 13.0 Å². The fourth-order valence-corrected chi connectivity index (χ4v) is 8.37. The fraction of sp³-hybridized carbons (Fsp3) is 0.784. The fourth-order valence-electron chi connectivity index (χ4n) is 7.40. The van der Waals surface area contributed by atoms with Gasteiger partial charge in [0, 0.05) is 13.0 Å². The molecule has 6 N–H and O–H groups in total. The number of rotatable bonds is 42. The Morgan fingerprint density at radius 1 is 0.516 bits per heavy atom. The van der Waals surface area contributed by atoms with Crippen molar-refractivity contribution in [1.29, 1.82) is 0 Å². The Hall–Kier alpha value is -1.96. The summed E-state index contributed by atoms with van der Waals surface area (Å²) in [6, 6.07) is 0. The Balaban J connectivity index is 2.36. The standard InChI is InChI=1S/C51H91O12P/c1-3-5-7-9-11-13-15-17-19-21-22-23-24-25-26-28-30-32-34-36-38-40-45(52)62-44(43-61-64(58,59)63-51-49(56)47(54)46(53)48(55)50(51)57)42-60-41-39-37-35-33-31-29-27-20-18-16-14-12-10-8-6-4-2/h6,8,12,14-15,17-18,20-22,44,46-51,53-57H,3-5,7,9-11,13,16,19,23-43H2,1-2H3,(H,58,59)/b8-6-,14-12-,17-15-,20-18-,22-21-. The number of carbonyl (C=O) groups excluding carboxylic acids is 1. The number of carbonyl (C=O) groups is 1. The van der Waals surface area contributed by atoms with Crippen LogP contribution in [-0.2, 0) is 27.9 Å². The molecule has 64 heavy (non-hydrogen) atoms. The molecule has 1 fully saturated rings. The first kappa shape index (κ1) is 60.1. The van der Waals surface area contributed by atoms with E-state index in [4.69, 9.17) is 18.5 Å². The molecule has 0 aromatic heterocycles. The van der Waals surface area contributed by atoms with Gasteiger partial charge in [0.25, 0.3) is 0 Å². The van der Waals surface area contributed by atoms with Gasteiger partial charge in [-0.05, 0) is 77.0 Å². The van der Waals surface area contributed by atoms with Gasteiger partial charge in [-0.25, -0.2) is 4.57 Å². The van der Waals surface area contributed by atoms with Crippen molar-refractivity contribution in [1.82, 2.24) is 0 Å². The minimum atomic E-state index is -5.03. The van der Waals surface area contributed by atoms with Crippen LogP contribution >= 0.6 is 7.82 Å². The maximum atomic E-state index is 12.8. The Morgan fingerprint density at radius 3 is 1.41 bits per heavy atom. The number of unbranched alkanes of at least 4 members (excludes halogenated alkanes) is 20. The third-order valence-electron chi connectivity index (χ3n) is 11.4. The topological polar surface area (TPSA) is 192 Å². The van der Waals surface area contributed by atoms with Crippen LogP contribution < -0.4 is 0 Å². The Bertz CT molecular complexity index is 1290. The zero-order chi connectivity index (χ0) is 46.9. The van der Waals surface area contributed by atoms with Crippen LogP contribution in [0.15, 0.2) is 60.8 Å². The molecule has 1 aliphatic carbocycles. The van der Waals surface area contributed by atoms with Crippen molar-refractivity contribution < 1.29 is 58.3 Å². The molecule has 0 amide bonds. The summed E-state index contributed by atoms with van der Waals surface area (Å²) in [5.41, 5.74) is 0. The van der Waals surface area contributed by atoms with Crippen molar-refractivity contribution in [3.63, 3.8) is 0 Å². The molecule has 1 rings (SSSR count). The minimum absolute atomic E-state index is 0.0893. The quantitative estimate of drug-likeness (QED) is 0.0147. The number of aliphatic hydroxyl groups excluding tert-OH is 5. The molecule has 0 spiro atoms. The van der Waals surface area contributed by atoms with Gasteiger partial charge in [0.05, 0.1) is 13.2 Å². The van der Waals surface area contributed by atoms with E-state index in [1.807, 2.05) is 0 Å². The molecule has 0 heterocycles. The van der Waals surface area contributed by atoms with E-state index in [-0.39, 0.29) is 13.0 Å². The second-order valence-corrected chi connectivity index (χ2v) is 18.7. The van der Waals surface area contributed by atoms with Crippen molar-refractivity contribution in [2.45, 2.75) is 236 Å². The highest BCUT2D eigenvalue weighted by molar-refractivity contribution is 7.47. The summed E-state index contributed by atoms with van der Waals surface area (Å²) in [5, 5.41) is 50.3. The van der Waals surface area contributed by atoms with Crippen LogP contribution in [0.4, 0.5) is 0 Å². The average Bonchev–Trinajstić information content (AvgIpc) is 3.28. The number of hydrogen-bond donors (Lipinski definition) is 6. The zero-order valence-electron chi connectivity index (χ0n) is 39.8. The second kappa shape index (κ2) is 41.2. The lowest BCUT2D eigenvalue weighted by atomic mass is 9.85. The molecule has 0 bridgehead atoms. The molecule has 13 heteroatoms. The summed E-state index contributed by atoms with van der Waals surface area (Å²) in [6.07, 6.45) is 40.0. The number of ether oxygens (including phenoxy) is 2. The predicted octanol–water partition coefficient (Wildman–Crippen LogP) is 11.0. The molecule has 1 aliphatic rings. The third-order valence-corrected chi connectivity index (χ3v) is 12.4. The third kappa shape index (κ3) is 32.7. The number of esters is 1. The highest BCUT2D eigenvalue weighted by atomic mass is 31.2. The zero-order valence-corrected chi connectivity index (χ0v) is 40.7. The van der Waals surface area contributed by atoms with E-state index >= 15 is 0 Å². The number of phosphoric acid groups is 1. The maximum Gasteiger partial charge on any atom is 0.472 e. The number of phosphoric ester groups is 1. The number of aliphatic hydroxyl groups is 5. The van der Waals surface area contributed by atoms with E-state index in [1.54, 1.807) is 0 Å². The molecule has 0 radical (unpaired) electrons. The first-order valence-corrected chi connectivity index (χ1v) is 26.6. The molecule has 0 saturated heterocycles. The first-order chi connectivity index (χ1) is 31.0. The van der Waals surface area contributed by atoms with Gasteiger partial charge in [-0.3, -0.25) is 13.8 Å². The van der Waals surface area contributed by atoms with Crippen molar-refractivity contribution in [2.75, 3.05) is 19.8 Å². The molecule has 372 valence electrons. The van der Waals surface area contributed by atoms with Crippen LogP contribution in [-0.4, -0.2) is 98.9 Å². The Kier molecular flexibility index (Phi) is 38.7. The Morgan fingerprint density at radius 2 is 0.922 bits per heavy atom. The lowest BCUT2D eigenvalue weighted by Crippen LogP contribution is -2.64. The largest absolute Gasteiger partial charge is 0.472 e. The predicted molar refractivity (Wildman–Crippen MR) is 258 cm³/mol. The average molecular weight is 927 g/mol. The molecular weight excluding hydrogens is 836 g/mol. The highest BCUT2D eigenvalue weighted by Crippen LogP contribution is 2.47. The highest BCUT2D eigenvalue weighted by Gasteiger charge is 2.51. The van der Waals surface area contributed by atoms with E-state index in [9.17, 15) is 39.8 Å². The minimum Gasteiger partial charge on any atom is -0.457 e. The van der Waals surface area contributed by atoms with Gasteiger partial charge in [0.1, 0.15) is 42.7 Å². The van der Waals surface area contributed by atoms with Crippen LogP contribution in [0.3, 0.4) is 0 Å². The monoisotopic (exact) mass is 927 g/mol. The summed E-state index contributed by atoms with van der Waals surface area (Å²) in [5.74, 6) is -0.488. The lowest BCUT2D eigenvalue weighted by Gasteiger charge is -2.41. The van der Waals surface area contributed by atoms with Gasteiger partial charge in [0.15, 0.2) is 0 Å². The van der Waals surface area contributed by atoms with Crippen LogP contribution in [0.1, 0.15) is 194 Å². The summed E-state index contributed by atoms with van der Waals surface area (Å²) < 4.78 is 34.2. The van der Waals surface area contributed by atoms with Crippen molar-refractivity contribution >= 4 is 13.8 Å². The van der Waals surface area contributed by atoms with Gasteiger partial charge in [-0.2, -0.15) is 0 Å². The SMILES string of the molecule is CC/C=C\C/C=C\C/C=C\CCCCCCCCOCC(COP(=O)(O)OC1C(O)C(O)C(O)C(O)C1O)OC(=O)CCCCCCCCCCC/C=C\C/C=C\CCCCCCC. The van der Waals surface area contributed by atoms with Crippen LogP contribution in [0.2, 0.25) is 0 Å². The van der Waals surface area contributed by atoms with Gasteiger partial charge >= 0.3 is 13.8 Å². The van der Waals surface area contributed by atoms with Gasteiger partial charge in [-0.15, -0.1) is 0 Å². The Labute approximate surface area is 387 Å². The molecular formula is C51H91O12P. The lowest BCUT2D eigenvalue weighted by molar-refractivity contribution is -0.220. The molecule has 6 atom stereocenters. The molecule has 6 unspecified atom stereocenters. The molecule has 0 aromatic rings. The van der Waals surface area contributed by atoms with Crippen LogP contribution in [0, 0.1) is 0 Å². The molecule has 0 aliphatic heterocycles. The second-order valence-electron chi connectivity index (χ2n) is 17.3.